The van der Waals surface area contributed by atoms with E-state index in [1.807, 2.05) is 18.2 Å². The lowest BCUT2D eigenvalue weighted by molar-refractivity contribution is -0.136. The highest BCUT2D eigenvalue weighted by atomic mass is 32.1. The lowest BCUT2D eigenvalue weighted by Crippen LogP contribution is -1.97. The van der Waals surface area contributed by atoms with E-state index in [0.717, 1.165) is 15.8 Å². The minimum atomic E-state index is -0.766. The first-order valence-corrected chi connectivity index (χ1v) is 5.18. The van der Waals surface area contributed by atoms with Crippen LogP contribution in [0.4, 0.5) is 0 Å². The first kappa shape index (κ1) is 9.15. The van der Waals surface area contributed by atoms with E-state index in [9.17, 15) is 4.79 Å². The van der Waals surface area contributed by atoms with Gasteiger partial charge in [0.1, 0.15) is 0 Å². The van der Waals surface area contributed by atoms with E-state index >= 15 is 0 Å². The number of nitrogens with zero attached hydrogens (tertiary/aromatic N) is 1. The molecule has 0 amide bonds. The molecule has 3 nitrogen and oxygen atoms in total. The number of hydrogen-bond donors (Lipinski definition) is 1. The second-order valence-corrected chi connectivity index (χ2v) is 3.90. The van der Waals surface area contributed by atoms with E-state index in [4.69, 9.17) is 5.11 Å². The van der Waals surface area contributed by atoms with Crippen molar-refractivity contribution >= 4 is 27.5 Å². The minimum Gasteiger partial charge on any atom is -0.481 e. The maximum Gasteiger partial charge on any atom is 0.303 e. The van der Waals surface area contributed by atoms with Crippen LogP contribution in [-0.4, -0.2) is 16.1 Å². The zero-order valence-electron chi connectivity index (χ0n) is 7.43. The van der Waals surface area contributed by atoms with Gasteiger partial charge in [-0.3, -0.25) is 4.79 Å². The van der Waals surface area contributed by atoms with Crippen molar-refractivity contribution in [3.63, 3.8) is 0 Å². The van der Waals surface area contributed by atoms with Gasteiger partial charge < -0.3 is 5.11 Å². The Morgan fingerprint density at radius 1 is 1.50 bits per heavy atom. The molecule has 0 spiro atoms. The molecule has 1 heterocycles. The molecule has 0 bridgehead atoms. The van der Waals surface area contributed by atoms with Crippen molar-refractivity contribution in [1.82, 2.24) is 4.98 Å². The van der Waals surface area contributed by atoms with Crippen molar-refractivity contribution in [3.05, 3.63) is 29.3 Å². The average molecular weight is 207 g/mol. The summed E-state index contributed by atoms with van der Waals surface area (Å²) in [6.45, 7) is 0. The van der Waals surface area contributed by atoms with Gasteiger partial charge in [0.05, 0.1) is 15.7 Å². The molecule has 4 heteroatoms. The Hall–Kier alpha value is -1.42. The first-order chi connectivity index (χ1) is 6.77. The van der Waals surface area contributed by atoms with Gasteiger partial charge >= 0.3 is 5.97 Å². The number of fused-ring (bicyclic) bond motifs is 1. The molecule has 0 saturated heterocycles. The molecule has 1 N–H and O–H groups in total. The number of aromatic nitrogens is 1. The smallest absolute Gasteiger partial charge is 0.303 e. The van der Waals surface area contributed by atoms with Crippen molar-refractivity contribution in [2.45, 2.75) is 12.8 Å². The quantitative estimate of drug-likeness (QED) is 0.840. The van der Waals surface area contributed by atoms with Crippen molar-refractivity contribution in [2.75, 3.05) is 0 Å². The number of carbonyl (C=O) groups is 1. The topological polar surface area (TPSA) is 50.2 Å². The van der Waals surface area contributed by atoms with Crippen LogP contribution in [0.15, 0.2) is 23.7 Å². The van der Waals surface area contributed by atoms with Gasteiger partial charge in [-0.1, -0.05) is 12.1 Å². The van der Waals surface area contributed by atoms with Crippen LogP contribution in [0.2, 0.25) is 0 Å². The summed E-state index contributed by atoms with van der Waals surface area (Å²) in [5.74, 6) is -0.766. The van der Waals surface area contributed by atoms with Crippen molar-refractivity contribution < 1.29 is 9.90 Å². The summed E-state index contributed by atoms with van der Waals surface area (Å²) in [6, 6.07) is 5.87. The van der Waals surface area contributed by atoms with E-state index < -0.39 is 5.97 Å². The molecule has 0 atom stereocenters. The van der Waals surface area contributed by atoms with E-state index in [2.05, 4.69) is 4.98 Å². The number of hydrogen-bond acceptors (Lipinski definition) is 3. The summed E-state index contributed by atoms with van der Waals surface area (Å²) >= 11 is 1.58. The number of aryl methyl sites for hydroxylation is 1. The number of aliphatic carboxylic acids is 1. The lowest BCUT2D eigenvalue weighted by atomic mass is 10.1. The summed E-state index contributed by atoms with van der Waals surface area (Å²) in [6.07, 6.45) is 0.715. The SMILES string of the molecule is O=C(O)CCc1cccc2scnc12. The van der Waals surface area contributed by atoms with Gasteiger partial charge in [0.2, 0.25) is 0 Å². The predicted octanol–water partition coefficient (Wildman–Crippen LogP) is 2.31. The molecule has 2 aromatic rings. The number of carboxylic acids is 1. The normalized spacial score (nSPS) is 10.6. The summed E-state index contributed by atoms with van der Waals surface area (Å²) < 4.78 is 1.12. The molecule has 0 saturated carbocycles. The number of thiazole rings is 1. The second-order valence-electron chi connectivity index (χ2n) is 3.01. The lowest BCUT2D eigenvalue weighted by Gasteiger charge is -1.98. The third-order valence-corrected chi connectivity index (χ3v) is 2.85. The zero-order valence-corrected chi connectivity index (χ0v) is 8.25. The van der Waals surface area contributed by atoms with Gasteiger partial charge in [0, 0.05) is 6.42 Å². The van der Waals surface area contributed by atoms with E-state index in [1.54, 1.807) is 16.8 Å². The fourth-order valence-electron chi connectivity index (χ4n) is 1.39. The molecule has 0 radical (unpaired) electrons. The summed E-state index contributed by atoms with van der Waals surface area (Å²) in [7, 11) is 0. The van der Waals surface area contributed by atoms with Crippen LogP contribution in [0, 0.1) is 0 Å². The molecular formula is C10H9NO2S. The molecule has 2 rings (SSSR count). The summed E-state index contributed by atoms with van der Waals surface area (Å²) in [4.78, 5) is 14.7. The van der Waals surface area contributed by atoms with E-state index in [1.165, 1.54) is 0 Å². The summed E-state index contributed by atoms with van der Waals surface area (Å²) in [5.41, 5.74) is 3.75. The van der Waals surface area contributed by atoms with Crippen LogP contribution in [0.1, 0.15) is 12.0 Å². The molecular weight excluding hydrogens is 198 g/mol. The Kier molecular flexibility index (Phi) is 2.45. The Balaban J connectivity index is 2.32. The molecule has 0 aliphatic rings. The van der Waals surface area contributed by atoms with Gasteiger partial charge in [0.25, 0.3) is 0 Å². The fraction of sp³-hybridized carbons (Fsp3) is 0.200. The largest absolute Gasteiger partial charge is 0.481 e. The molecule has 0 aliphatic carbocycles. The van der Waals surface area contributed by atoms with Gasteiger partial charge in [-0.2, -0.15) is 0 Å². The molecule has 72 valence electrons. The number of para-hydroxylation sites is 1. The van der Waals surface area contributed by atoms with Crippen LogP contribution < -0.4 is 0 Å². The van der Waals surface area contributed by atoms with Crippen LogP contribution in [0.25, 0.3) is 10.2 Å². The highest BCUT2D eigenvalue weighted by Gasteiger charge is 2.05. The third kappa shape index (κ3) is 1.75. The fourth-order valence-corrected chi connectivity index (χ4v) is 2.11. The second kappa shape index (κ2) is 3.75. The van der Waals surface area contributed by atoms with E-state index in [0.29, 0.717) is 6.42 Å². The van der Waals surface area contributed by atoms with Crippen LogP contribution >= 0.6 is 11.3 Å². The van der Waals surface area contributed by atoms with Crippen molar-refractivity contribution in [2.24, 2.45) is 0 Å². The monoisotopic (exact) mass is 207 g/mol. The molecule has 14 heavy (non-hydrogen) atoms. The molecule has 0 aliphatic heterocycles. The van der Waals surface area contributed by atoms with Crippen molar-refractivity contribution in [3.8, 4) is 0 Å². The Morgan fingerprint density at radius 3 is 3.14 bits per heavy atom. The molecule has 0 fully saturated rings. The average Bonchev–Trinajstić information content (AvgIpc) is 2.62. The Bertz CT molecular complexity index is 464. The highest BCUT2D eigenvalue weighted by Crippen LogP contribution is 2.21. The van der Waals surface area contributed by atoms with Crippen LogP contribution in [0.5, 0.6) is 0 Å². The molecule has 0 unspecified atom stereocenters. The van der Waals surface area contributed by atoms with Gasteiger partial charge in [-0.05, 0) is 18.1 Å². The molecule has 1 aromatic carbocycles. The van der Waals surface area contributed by atoms with E-state index in [-0.39, 0.29) is 6.42 Å². The molecule has 1 aromatic heterocycles. The highest BCUT2D eigenvalue weighted by molar-refractivity contribution is 7.16. The first-order valence-electron chi connectivity index (χ1n) is 4.30. The number of carboxylic acid groups (broad SMARTS) is 1. The standard InChI is InChI=1S/C10H9NO2S/c12-9(13)5-4-7-2-1-3-8-10(7)11-6-14-8/h1-3,6H,4-5H2,(H,12,13). The minimum absolute atomic E-state index is 0.163. The Labute approximate surface area is 85.0 Å². The number of benzene rings is 1. The van der Waals surface area contributed by atoms with Gasteiger partial charge in [-0.15, -0.1) is 11.3 Å². The maximum atomic E-state index is 10.4. The third-order valence-electron chi connectivity index (χ3n) is 2.05. The van der Waals surface area contributed by atoms with Gasteiger partial charge in [-0.25, -0.2) is 4.98 Å². The zero-order chi connectivity index (χ0) is 9.97. The maximum absolute atomic E-state index is 10.4. The van der Waals surface area contributed by atoms with Crippen LogP contribution in [0.3, 0.4) is 0 Å². The van der Waals surface area contributed by atoms with Gasteiger partial charge in [0.15, 0.2) is 0 Å². The predicted molar refractivity (Wildman–Crippen MR) is 55.6 cm³/mol. The Morgan fingerprint density at radius 2 is 2.36 bits per heavy atom. The summed E-state index contributed by atoms with van der Waals surface area (Å²) in [5, 5.41) is 8.58. The number of rotatable bonds is 3. The van der Waals surface area contributed by atoms with Crippen molar-refractivity contribution in [1.29, 1.82) is 0 Å². The van der Waals surface area contributed by atoms with Crippen LogP contribution in [-0.2, 0) is 11.2 Å².